The van der Waals surface area contributed by atoms with Crippen LogP contribution in [0.4, 0.5) is 0 Å². The van der Waals surface area contributed by atoms with Crippen molar-refractivity contribution < 1.29 is 24.6 Å². The van der Waals surface area contributed by atoms with Crippen LogP contribution < -0.4 is 5.11 Å². The Balaban J connectivity index is 0. The van der Waals surface area contributed by atoms with Gasteiger partial charge in [0.1, 0.15) is 6.54 Å². The first-order valence-electron chi connectivity index (χ1n) is 4.54. The molecule has 0 rings (SSSR count). The molecule has 0 saturated carbocycles. The second-order valence-corrected chi connectivity index (χ2v) is 3.98. The molecule has 5 nitrogen and oxygen atoms in total. The molecule has 0 spiro atoms. The van der Waals surface area contributed by atoms with Crippen molar-refractivity contribution in [2.75, 3.05) is 34.3 Å². The largest absolute Gasteiger partial charge is 0.547 e. The Bertz CT molecular complexity index is 153. The van der Waals surface area contributed by atoms with Crippen LogP contribution in [0.3, 0.4) is 0 Å². The van der Waals surface area contributed by atoms with Gasteiger partial charge in [0.05, 0.1) is 39.8 Å². The lowest BCUT2D eigenvalue weighted by Gasteiger charge is -2.21. The molecule has 0 aromatic rings. The molecule has 0 amide bonds. The molecule has 0 radical (unpaired) electrons. The number of aliphatic hydroxyl groups is 2. The van der Waals surface area contributed by atoms with Gasteiger partial charge in [-0.2, -0.15) is 0 Å². The molecule has 0 fully saturated rings. The van der Waals surface area contributed by atoms with Gasteiger partial charge in [0.2, 0.25) is 0 Å². The minimum atomic E-state index is -1.40. The minimum Gasteiger partial charge on any atom is -0.547 e. The average molecular weight is 207 g/mol. The number of quaternary nitrogens is 1. The first-order valence-corrected chi connectivity index (χ1v) is 4.54. The van der Waals surface area contributed by atoms with Gasteiger partial charge in [-0.05, 0) is 6.42 Å². The van der Waals surface area contributed by atoms with Crippen molar-refractivity contribution in [1.82, 2.24) is 0 Å². The smallest absolute Gasteiger partial charge is 0.101 e. The third kappa shape index (κ3) is 13.9. The molecule has 0 saturated heterocycles. The fraction of sp³-hybridized carbons (Fsp3) is 0.889. The molecule has 0 aliphatic carbocycles. The molecule has 0 heterocycles. The molecule has 14 heavy (non-hydrogen) atoms. The monoisotopic (exact) mass is 207 g/mol. The lowest BCUT2D eigenvalue weighted by Crippen LogP contribution is -2.36. The highest BCUT2D eigenvalue weighted by atomic mass is 16.4. The number of nitrogens with zero attached hydrogens (tertiary/aromatic N) is 1. The number of hydrogen-bond donors (Lipinski definition) is 2. The summed E-state index contributed by atoms with van der Waals surface area (Å²) in [4.78, 5) is 9.57. The molecule has 86 valence electrons. The average Bonchev–Trinajstić information content (AvgIpc) is 2.01. The molecular weight excluding hydrogens is 186 g/mol. The van der Waals surface area contributed by atoms with Crippen LogP contribution in [0.5, 0.6) is 0 Å². The van der Waals surface area contributed by atoms with E-state index in [1.54, 1.807) is 6.92 Å². The Kier molecular flexibility index (Phi) is 8.72. The maximum absolute atomic E-state index is 9.57. The maximum Gasteiger partial charge on any atom is 0.101 e. The van der Waals surface area contributed by atoms with Gasteiger partial charge in [-0.15, -0.1) is 0 Å². The summed E-state index contributed by atoms with van der Waals surface area (Å²) in [6.45, 7) is 2.68. The van der Waals surface area contributed by atoms with E-state index in [9.17, 15) is 9.90 Å². The van der Waals surface area contributed by atoms with Crippen LogP contribution in [0.2, 0.25) is 0 Å². The topological polar surface area (TPSA) is 80.6 Å². The Morgan fingerprint density at radius 2 is 1.86 bits per heavy atom. The summed E-state index contributed by atoms with van der Waals surface area (Å²) >= 11 is 0. The van der Waals surface area contributed by atoms with Crippen molar-refractivity contribution in [3.63, 3.8) is 0 Å². The Hall–Kier alpha value is -0.650. The Labute approximate surface area is 85.2 Å². The molecule has 0 aliphatic heterocycles. The minimum absolute atomic E-state index is 0.211. The summed E-state index contributed by atoms with van der Waals surface area (Å²) in [5, 5.41) is 26.2. The molecule has 0 aromatic heterocycles. The maximum atomic E-state index is 9.57. The van der Waals surface area contributed by atoms with Crippen LogP contribution in [0.25, 0.3) is 0 Å². The fourth-order valence-electron chi connectivity index (χ4n) is 0.467. The van der Waals surface area contributed by atoms with Gasteiger partial charge in [-0.1, -0.05) is 6.92 Å². The number of carboxylic acid groups (broad SMARTS) is 1. The van der Waals surface area contributed by atoms with Crippen molar-refractivity contribution in [3.8, 4) is 0 Å². The molecule has 2 N–H and O–H groups in total. The van der Waals surface area contributed by atoms with Gasteiger partial charge in [0.15, 0.2) is 0 Å². The molecule has 5 heteroatoms. The van der Waals surface area contributed by atoms with Gasteiger partial charge in [0.25, 0.3) is 0 Å². The van der Waals surface area contributed by atoms with E-state index in [-0.39, 0.29) is 13.0 Å². The Morgan fingerprint density at radius 1 is 1.43 bits per heavy atom. The molecule has 0 bridgehead atoms. The SMILES string of the molecule is CCC(O)C(=O)[O-].C[N+](C)(C)CCO. The fourth-order valence-corrected chi connectivity index (χ4v) is 0.467. The zero-order chi connectivity index (χ0) is 11.8. The van der Waals surface area contributed by atoms with Gasteiger partial charge in [0, 0.05) is 0 Å². The lowest BCUT2D eigenvalue weighted by molar-refractivity contribution is -0.870. The molecule has 1 unspecified atom stereocenters. The van der Waals surface area contributed by atoms with E-state index in [1.165, 1.54) is 0 Å². The van der Waals surface area contributed by atoms with Crippen LogP contribution in [-0.2, 0) is 4.79 Å². The van der Waals surface area contributed by atoms with Crippen molar-refractivity contribution in [2.24, 2.45) is 0 Å². The van der Waals surface area contributed by atoms with Gasteiger partial charge >= 0.3 is 0 Å². The van der Waals surface area contributed by atoms with Crippen LogP contribution in [0, 0.1) is 0 Å². The van der Waals surface area contributed by atoms with Crippen LogP contribution in [0.1, 0.15) is 13.3 Å². The van der Waals surface area contributed by atoms with E-state index in [0.717, 1.165) is 11.0 Å². The van der Waals surface area contributed by atoms with Gasteiger partial charge < -0.3 is 24.6 Å². The first-order chi connectivity index (χ1) is 6.24. The van der Waals surface area contributed by atoms with E-state index in [0.29, 0.717) is 0 Å². The summed E-state index contributed by atoms with van der Waals surface area (Å²) in [5.41, 5.74) is 0. The highest BCUT2D eigenvalue weighted by Gasteiger charge is 2.02. The third-order valence-corrected chi connectivity index (χ3v) is 1.43. The second-order valence-electron chi connectivity index (χ2n) is 3.98. The number of rotatable bonds is 4. The molecular formula is C9H21NO4. The number of hydrogen-bond acceptors (Lipinski definition) is 4. The molecule has 0 aromatic carbocycles. The summed E-state index contributed by atoms with van der Waals surface area (Å²) in [7, 11) is 6.16. The zero-order valence-corrected chi connectivity index (χ0v) is 9.36. The van der Waals surface area contributed by atoms with Crippen molar-refractivity contribution >= 4 is 5.97 Å². The number of carbonyl (C=O) groups excluding carboxylic acids is 1. The predicted molar refractivity (Wildman–Crippen MR) is 51.3 cm³/mol. The number of aliphatic carboxylic acids is 1. The van der Waals surface area contributed by atoms with Gasteiger partial charge in [-0.25, -0.2) is 0 Å². The Morgan fingerprint density at radius 3 is 1.86 bits per heavy atom. The summed E-state index contributed by atoms with van der Waals surface area (Å²) in [6.07, 6.45) is -1.08. The van der Waals surface area contributed by atoms with Crippen molar-refractivity contribution in [1.29, 1.82) is 0 Å². The number of carboxylic acids is 1. The standard InChI is InChI=1S/C5H14NO.C4H8O3/c1-6(2,3)4-5-7;1-2-3(5)4(6)7/h7H,4-5H2,1-3H3;3,5H,2H2,1H3,(H,6,7)/q+1;/p-1. The molecule has 1 atom stereocenters. The lowest BCUT2D eigenvalue weighted by atomic mass is 10.3. The predicted octanol–water partition coefficient (Wildman–Crippen LogP) is -1.81. The quantitative estimate of drug-likeness (QED) is 0.533. The van der Waals surface area contributed by atoms with Crippen LogP contribution >= 0.6 is 0 Å². The normalized spacial score (nSPS) is 12.7. The van der Waals surface area contributed by atoms with E-state index in [2.05, 4.69) is 21.1 Å². The number of likely N-dealkylation sites (N-methyl/N-ethyl adjacent to an activating group) is 1. The zero-order valence-electron chi connectivity index (χ0n) is 9.36. The second kappa shape index (κ2) is 7.73. The number of aliphatic hydroxyl groups excluding tert-OH is 2. The summed E-state index contributed by atoms with van der Waals surface area (Å²) in [6, 6.07) is 0. The molecule has 0 aliphatic rings. The highest BCUT2D eigenvalue weighted by molar-refractivity contribution is 5.69. The van der Waals surface area contributed by atoms with Crippen molar-refractivity contribution in [2.45, 2.75) is 19.4 Å². The first kappa shape index (κ1) is 15.8. The summed E-state index contributed by atoms with van der Waals surface area (Å²) in [5.74, 6) is -1.40. The van der Waals surface area contributed by atoms with Crippen molar-refractivity contribution in [3.05, 3.63) is 0 Å². The van der Waals surface area contributed by atoms with E-state index in [1.807, 2.05) is 0 Å². The van der Waals surface area contributed by atoms with Crippen LogP contribution in [0.15, 0.2) is 0 Å². The third-order valence-electron chi connectivity index (χ3n) is 1.43. The highest BCUT2D eigenvalue weighted by Crippen LogP contribution is 1.85. The van der Waals surface area contributed by atoms with Gasteiger partial charge in [-0.3, -0.25) is 0 Å². The van der Waals surface area contributed by atoms with Crippen LogP contribution in [-0.4, -0.2) is 61.1 Å². The van der Waals surface area contributed by atoms with E-state index in [4.69, 9.17) is 10.2 Å². The van der Waals surface area contributed by atoms with E-state index >= 15 is 0 Å². The number of carbonyl (C=O) groups is 1. The van der Waals surface area contributed by atoms with E-state index < -0.39 is 12.1 Å². The summed E-state index contributed by atoms with van der Waals surface area (Å²) < 4.78 is 0.844.